The second kappa shape index (κ2) is 6.61. The molecule has 0 spiro atoms. The van der Waals surface area contributed by atoms with Crippen molar-refractivity contribution in [3.63, 3.8) is 0 Å². The van der Waals surface area contributed by atoms with Gasteiger partial charge in [-0.3, -0.25) is 4.90 Å². The molecule has 1 heterocycles. The van der Waals surface area contributed by atoms with Gasteiger partial charge in [-0.25, -0.2) is 0 Å². The predicted molar refractivity (Wildman–Crippen MR) is 71.8 cm³/mol. The molecule has 1 rings (SSSR count). The van der Waals surface area contributed by atoms with Gasteiger partial charge in [-0.05, 0) is 38.6 Å². The average molecular weight is 226 g/mol. The minimum Gasteiger partial charge on any atom is -0.313 e. The molecular weight excluding hydrogens is 196 g/mol. The molecule has 0 aromatic heterocycles. The summed E-state index contributed by atoms with van der Waals surface area (Å²) in [4.78, 5) is 2.73. The van der Waals surface area contributed by atoms with Crippen molar-refractivity contribution in [1.29, 1.82) is 0 Å². The maximum Gasteiger partial charge on any atom is 0.0218 e. The first-order valence-corrected chi connectivity index (χ1v) is 7.09. The molecule has 96 valence electrons. The van der Waals surface area contributed by atoms with Crippen LogP contribution in [-0.2, 0) is 0 Å². The summed E-state index contributed by atoms with van der Waals surface area (Å²) in [6, 6.07) is 2.26. The van der Waals surface area contributed by atoms with E-state index in [9.17, 15) is 0 Å². The van der Waals surface area contributed by atoms with Crippen molar-refractivity contribution >= 4 is 0 Å². The highest BCUT2D eigenvalue weighted by atomic mass is 15.2. The smallest absolute Gasteiger partial charge is 0.0218 e. The molecule has 3 unspecified atom stereocenters. The Morgan fingerprint density at radius 2 is 1.94 bits per heavy atom. The fourth-order valence-corrected chi connectivity index (χ4v) is 2.89. The minimum atomic E-state index is 0.652. The average Bonchev–Trinajstić information content (AvgIpc) is 2.59. The Kier molecular flexibility index (Phi) is 5.77. The van der Waals surface area contributed by atoms with Crippen molar-refractivity contribution in [1.82, 2.24) is 10.2 Å². The lowest BCUT2D eigenvalue weighted by Crippen LogP contribution is -2.47. The lowest BCUT2D eigenvalue weighted by atomic mass is 10.0. The summed E-state index contributed by atoms with van der Waals surface area (Å²) in [5.41, 5.74) is 0. The highest BCUT2D eigenvalue weighted by Gasteiger charge is 2.31. The molecule has 0 aromatic carbocycles. The van der Waals surface area contributed by atoms with E-state index in [0.717, 1.165) is 24.5 Å². The van der Waals surface area contributed by atoms with Crippen LogP contribution >= 0.6 is 0 Å². The van der Waals surface area contributed by atoms with E-state index in [4.69, 9.17) is 0 Å². The van der Waals surface area contributed by atoms with Crippen LogP contribution in [0.5, 0.6) is 0 Å². The van der Waals surface area contributed by atoms with E-state index in [1.807, 2.05) is 0 Å². The number of nitrogens with zero attached hydrogens (tertiary/aromatic N) is 1. The van der Waals surface area contributed by atoms with Gasteiger partial charge in [0.25, 0.3) is 0 Å². The largest absolute Gasteiger partial charge is 0.313 e. The Hall–Kier alpha value is -0.0800. The summed E-state index contributed by atoms with van der Waals surface area (Å²) >= 11 is 0. The zero-order chi connectivity index (χ0) is 12.1. The van der Waals surface area contributed by atoms with Gasteiger partial charge in [-0.2, -0.15) is 0 Å². The fourth-order valence-electron chi connectivity index (χ4n) is 2.89. The van der Waals surface area contributed by atoms with Gasteiger partial charge in [0.2, 0.25) is 0 Å². The SMILES string of the molecule is CCNC(CN1C(C)CCC1CC)C(C)C. The molecule has 0 bridgehead atoms. The van der Waals surface area contributed by atoms with Crippen LogP contribution in [0.4, 0.5) is 0 Å². The molecule has 0 amide bonds. The Morgan fingerprint density at radius 3 is 2.44 bits per heavy atom. The topological polar surface area (TPSA) is 15.3 Å². The lowest BCUT2D eigenvalue weighted by Gasteiger charge is -2.33. The first kappa shape index (κ1) is 14.0. The van der Waals surface area contributed by atoms with E-state index in [-0.39, 0.29) is 0 Å². The molecule has 16 heavy (non-hydrogen) atoms. The molecular formula is C14H30N2. The van der Waals surface area contributed by atoms with Crippen LogP contribution in [-0.4, -0.2) is 36.1 Å². The van der Waals surface area contributed by atoms with Crippen molar-refractivity contribution in [2.45, 2.75) is 72.0 Å². The number of likely N-dealkylation sites (tertiary alicyclic amines) is 1. The summed E-state index contributed by atoms with van der Waals surface area (Å²) in [6.45, 7) is 13.9. The summed E-state index contributed by atoms with van der Waals surface area (Å²) in [5, 5.41) is 3.63. The molecule has 3 atom stereocenters. The molecule has 0 radical (unpaired) electrons. The monoisotopic (exact) mass is 226 g/mol. The molecule has 0 aromatic rings. The van der Waals surface area contributed by atoms with E-state index in [2.05, 4.69) is 44.8 Å². The van der Waals surface area contributed by atoms with Gasteiger partial charge in [0.1, 0.15) is 0 Å². The summed E-state index contributed by atoms with van der Waals surface area (Å²) in [5.74, 6) is 0.727. The first-order chi connectivity index (χ1) is 7.60. The molecule has 1 aliphatic heterocycles. The molecule has 1 fully saturated rings. The highest BCUT2D eigenvalue weighted by molar-refractivity contribution is 4.87. The molecule has 2 heteroatoms. The molecule has 0 saturated carbocycles. The van der Waals surface area contributed by atoms with E-state index in [1.54, 1.807) is 0 Å². The summed E-state index contributed by atoms with van der Waals surface area (Å²) in [6.07, 6.45) is 4.09. The first-order valence-electron chi connectivity index (χ1n) is 7.09. The normalized spacial score (nSPS) is 28.9. The third-order valence-electron chi connectivity index (χ3n) is 4.10. The van der Waals surface area contributed by atoms with Gasteiger partial charge in [0.15, 0.2) is 0 Å². The van der Waals surface area contributed by atoms with Crippen LogP contribution < -0.4 is 5.32 Å². The number of rotatable bonds is 6. The number of hydrogen-bond donors (Lipinski definition) is 1. The zero-order valence-corrected chi connectivity index (χ0v) is 11.8. The quantitative estimate of drug-likeness (QED) is 0.749. The number of hydrogen-bond acceptors (Lipinski definition) is 2. The second-order valence-corrected chi connectivity index (χ2v) is 5.59. The molecule has 1 aliphatic rings. The van der Waals surface area contributed by atoms with Gasteiger partial charge < -0.3 is 5.32 Å². The number of likely N-dealkylation sites (N-methyl/N-ethyl adjacent to an activating group) is 1. The van der Waals surface area contributed by atoms with Crippen molar-refractivity contribution in [2.75, 3.05) is 13.1 Å². The third-order valence-corrected chi connectivity index (χ3v) is 4.10. The molecule has 2 nitrogen and oxygen atoms in total. The van der Waals surface area contributed by atoms with Crippen LogP contribution in [0.1, 0.15) is 53.9 Å². The maximum atomic E-state index is 3.63. The van der Waals surface area contributed by atoms with E-state index >= 15 is 0 Å². The van der Waals surface area contributed by atoms with E-state index in [1.165, 1.54) is 25.8 Å². The third kappa shape index (κ3) is 3.46. The Labute approximate surface area is 102 Å². The Bertz CT molecular complexity index is 191. The molecule has 1 saturated heterocycles. The van der Waals surface area contributed by atoms with Gasteiger partial charge in [0.05, 0.1) is 0 Å². The number of nitrogens with one attached hydrogen (secondary N) is 1. The van der Waals surface area contributed by atoms with Gasteiger partial charge in [0, 0.05) is 24.7 Å². The Morgan fingerprint density at radius 1 is 1.25 bits per heavy atom. The summed E-state index contributed by atoms with van der Waals surface area (Å²) in [7, 11) is 0. The Balaban J connectivity index is 2.54. The van der Waals surface area contributed by atoms with Crippen molar-refractivity contribution in [2.24, 2.45) is 5.92 Å². The van der Waals surface area contributed by atoms with Crippen LogP contribution in [0, 0.1) is 5.92 Å². The van der Waals surface area contributed by atoms with Crippen LogP contribution in [0.2, 0.25) is 0 Å². The van der Waals surface area contributed by atoms with E-state index < -0.39 is 0 Å². The lowest BCUT2D eigenvalue weighted by molar-refractivity contribution is 0.162. The fraction of sp³-hybridized carbons (Fsp3) is 1.00. The van der Waals surface area contributed by atoms with Gasteiger partial charge in [-0.15, -0.1) is 0 Å². The van der Waals surface area contributed by atoms with Crippen LogP contribution in [0.3, 0.4) is 0 Å². The van der Waals surface area contributed by atoms with Crippen LogP contribution in [0.15, 0.2) is 0 Å². The summed E-state index contributed by atoms with van der Waals surface area (Å²) < 4.78 is 0. The van der Waals surface area contributed by atoms with Crippen molar-refractivity contribution in [3.8, 4) is 0 Å². The zero-order valence-electron chi connectivity index (χ0n) is 11.8. The predicted octanol–water partition coefficient (Wildman–Crippen LogP) is 2.88. The molecule has 1 N–H and O–H groups in total. The van der Waals surface area contributed by atoms with Crippen molar-refractivity contribution < 1.29 is 0 Å². The van der Waals surface area contributed by atoms with E-state index in [0.29, 0.717) is 6.04 Å². The van der Waals surface area contributed by atoms with Crippen LogP contribution in [0.25, 0.3) is 0 Å². The van der Waals surface area contributed by atoms with Gasteiger partial charge in [-0.1, -0.05) is 27.7 Å². The standard InChI is InChI=1S/C14H30N2/c1-6-13-9-8-12(5)16(13)10-14(11(3)4)15-7-2/h11-15H,6-10H2,1-5H3. The van der Waals surface area contributed by atoms with Crippen molar-refractivity contribution in [3.05, 3.63) is 0 Å². The maximum absolute atomic E-state index is 3.63. The minimum absolute atomic E-state index is 0.652. The molecule has 0 aliphatic carbocycles. The highest BCUT2D eigenvalue weighted by Crippen LogP contribution is 2.26. The van der Waals surface area contributed by atoms with Gasteiger partial charge >= 0.3 is 0 Å². The second-order valence-electron chi connectivity index (χ2n) is 5.59.